The number of sulfonamides is 1. The van der Waals surface area contributed by atoms with Gasteiger partial charge in [0, 0.05) is 11.5 Å². The maximum Gasteiger partial charge on any atom is 0.417 e. The molecule has 1 saturated carbocycles. The van der Waals surface area contributed by atoms with Crippen molar-refractivity contribution in [3.63, 3.8) is 0 Å². The second-order valence-corrected chi connectivity index (χ2v) is 7.42. The first kappa shape index (κ1) is 16.3. The van der Waals surface area contributed by atoms with Crippen molar-refractivity contribution in [3.8, 4) is 0 Å². The largest absolute Gasteiger partial charge is 0.417 e. The van der Waals surface area contributed by atoms with Crippen molar-refractivity contribution in [3.05, 3.63) is 29.8 Å². The van der Waals surface area contributed by atoms with E-state index < -0.39 is 44.2 Å². The van der Waals surface area contributed by atoms with Crippen LogP contribution in [-0.4, -0.2) is 25.7 Å². The first-order chi connectivity index (χ1) is 9.46. The van der Waals surface area contributed by atoms with Crippen molar-refractivity contribution in [1.29, 1.82) is 0 Å². The normalized spacial score (nSPS) is 25.4. The first-order valence-corrected chi connectivity index (χ1v) is 7.81. The van der Waals surface area contributed by atoms with Gasteiger partial charge in [0.2, 0.25) is 10.0 Å². The molecule has 1 aromatic rings. The fourth-order valence-electron chi connectivity index (χ4n) is 2.29. The van der Waals surface area contributed by atoms with Gasteiger partial charge in [-0.25, -0.2) is 13.1 Å². The molecule has 2 N–H and O–H groups in total. The molecule has 0 aliphatic heterocycles. The van der Waals surface area contributed by atoms with Crippen LogP contribution in [-0.2, 0) is 16.2 Å². The zero-order valence-corrected chi connectivity index (χ0v) is 12.3. The number of hydrogen-bond donors (Lipinski definition) is 2. The molecule has 2 atom stereocenters. The monoisotopic (exact) mass is 323 g/mol. The smallest absolute Gasteiger partial charge is 0.392 e. The Bertz CT molecular complexity index is 640. The van der Waals surface area contributed by atoms with Gasteiger partial charge >= 0.3 is 6.18 Å². The summed E-state index contributed by atoms with van der Waals surface area (Å²) in [6.07, 6.45) is -5.25. The molecule has 0 aromatic heterocycles. The SMILES string of the molecule is CC1(C)C(O)CC1NS(=O)(=O)c1ccccc1C(F)(F)F. The molecule has 1 fully saturated rings. The Morgan fingerprint density at radius 2 is 1.86 bits per heavy atom. The molecular weight excluding hydrogens is 307 g/mol. The van der Waals surface area contributed by atoms with E-state index in [-0.39, 0.29) is 6.42 Å². The predicted octanol–water partition coefficient (Wildman–Crippen LogP) is 2.14. The van der Waals surface area contributed by atoms with Crippen molar-refractivity contribution in [2.75, 3.05) is 0 Å². The summed E-state index contributed by atoms with van der Waals surface area (Å²) in [5, 5.41) is 9.58. The number of hydrogen-bond acceptors (Lipinski definition) is 3. The summed E-state index contributed by atoms with van der Waals surface area (Å²) in [5.41, 5.74) is -1.91. The molecule has 2 unspecified atom stereocenters. The molecule has 1 aromatic carbocycles. The van der Waals surface area contributed by atoms with E-state index >= 15 is 0 Å². The lowest BCUT2D eigenvalue weighted by molar-refractivity contribution is -0.139. The van der Waals surface area contributed by atoms with Gasteiger partial charge in [0.15, 0.2) is 0 Å². The van der Waals surface area contributed by atoms with Gasteiger partial charge in [-0.3, -0.25) is 0 Å². The Morgan fingerprint density at radius 3 is 2.33 bits per heavy atom. The molecule has 0 heterocycles. The van der Waals surface area contributed by atoms with Crippen molar-refractivity contribution >= 4 is 10.0 Å². The minimum absolute atomic E-state index is 0.181. The maximum atomic E-state index is 12.9. The average molecular weight is 323 g/mol. The maximum absolute atomic E-state index is 12.9. The van der Waals surface area contributed by atoms with E-state index in [0.29, 0.717) is 0 Å². The summed E-state index contributed by atoms with van der Waals surface area (Å²) < 4.78 is 65.3. The van der Waals surface area contributed by atoms with E-state index in [1.54, 1.807) is 13.8 Å². The number of benzene rings is 1. The summed E-state index contributed by atoms with van der Waals surface area (Å²) in [7, 11) is -4.31. The Morgan fingerprint density at radius 1 is 1.29 bits per heavy atom. The van der Waals surface area contributed by atoms with Gasteiger partial charge in [-0.05, 0) is 18.6 Å². The number of rotatable bonds is 3. The lowest BCUT2D eigenvalue weighted by Crippen LogP contribution is -2.61. The third kappa shape index (κ3) is 2.93. The zero-order valence-electron chi connectivity index (χ0n) is 11.5. The van der Waals surface area contributed by atoms with Gasteiger partial charge in [0.25, 0.3) is 0 Å². The van der Waals surface area contributed by atoms with Crippen LogP contribution in [0.25, 0.3) is 0 Å². The highest BCUT2D eigenvalue weighted by Crippen LogP contribution is 2.42. The van der Waals surface area contributed by atoms with Gasteiger partial charge in [-0.2, -0.15) is 13.2 Å². The van der Waals surface area contributed by atoms with Crippen LogP contribution in [0.4, 0.5) is 13.2 Å². The van der Waals surface area contributed by atoms with E-state index in [9.17, 15) is 26.7 Å². The predicted molar refractivity (Wildman–Crippen MR) is 70.0 cm³/mol. The minimum atomic E-state index is -4.75. The summed E-state index contributed by atoms with van der Waals surface area (Å²) >= 11 is 0. The number of nitrogens with one attached hydrogen (secondary N) is 1. The fraction of sp³-hybridized carbons (Fsp3) is 0.538. The number of halogens is 3. The fourth-order valence-corrected chi connectivity index (χ4v) is 3.92. The molecule has 0 radical (unpaired) electrons. The second-order valence-electron chi connectivity index (χ2n) is 5.74. The summed E-state index contributed by atoms with van der Waals surface area (Å²) in [5.74, 6) is 0. The van der Waals surface area contributed by atoms with E-state index in [2.05, 4.69) is 4.72 Å². The highest BCUT2D eigenvalue weighted by Gasteiger charge is 2.49. The molecule has 0 spiro atoms. The Balaban J connectivity index is 2.34. The van der Waals surface area contributed by atoms with Crippen LogP contribution in [0.1, 0.15) is 25.8 Å². The summed E-state index contributed by atoms with van der Waals surface area (Å²) in [6.45, 7) is 3.31. The molecule has 1 aliphatic rings. The lowest BCUT2D eigenvalue weighted by atomic mass is 9.65. The van der Waals surface area contributed by atoms with Crippen LogP contribution in [0.3, 0.4) is 0 Å². The Kier molecular flexibility index (Phi) is 3.84. The van der Waals surface area contributed by atoms with E-state index in [1.807, 2.05) is 0 Å². The third-order valence-electron chi connectivity index (χ3n) is 4.00. The molecule has 1 aliphatic carbocycles. The van der Waals surface area contributed by atoms with Gasteiger partial charge in [0.05, 0.1) is 16.6 Å². The molecule has 0 saturated heterocycles. The van der Waals surface area contributed by atoms with Gasteiger partial charge < -0.3 is 5.11 Å². The Hall–Kier alpha value is -1.12. The topological polar surface area (TPSA) is 66.4 Å². The molecule has 2 rings (SSSR count). The number of aliphatic hydroxyl groups excluding tert-OH is 1. The molecule has 118 valence electrons. The molecule has 0 amide bonds. The van der Waals surface area contributed by atoms with E-state index in [0.717, 1.165) is 18.2 Å². The molecule has 0 bridgehead atoms. The van der Waals surface area contributed by atoms with Crippen molar-refractivity contribution in [1.82, 2.24) is 4.72 Å². The Labute approximate surface area is 121 Å². The van der Waals surface area contributed by atoms with Gasteiger partial charge in [-0.15, -0.1) is 0 Å². The molecule has 4 nitrogen and oxygen atoms in total. The molecular formula is C13H16F3NO3S. The van der Waals surface area contributed by atoms with Gasteiger partial charge in [-0.1, -0.05) is 26.0 Å². The highest BCUT2D eigenvalue weighted by molar-refractivity contribution is 7.89. The zero-order chi connectivity index (χ0) is 16.1. The standard InChI is InChI=1S/C13H16F3NO3S/c1-12(2)10(7-11(12)18)17-21(19,20)9-6-4-3-5-8(9)13(14,15)16/h3-6,10-11,17-18H,7H2,1-2H3. The summed E-state index contributed by atoms with van der Waals surface area (Å²) in [4.78, 5) is -0.797. The van der Waals surface area contributed by atoms with Gasteiger partial charge in [0.1, 0.15) is 0 Å². The van der Waals surface area contributed by atoms with E-state index in [1.165, 1.54) is 6.07 Å². The third-order valence-corrected chi connectivity index (χ3v) is 5.53. The number of alkyl halides is 3. The quantitative estimate of drug-likeness (QED) is 0.896. The van der Waals surface area contributed by atoms with Crippen LogP contribution < -0.4 is 4.72 Å². The molecule has 8 heteroatoms. The first-order valence-electron chi connectivity index (χ1n) is 6.33. The van der Waals surface area contributed by atoms with Crippen LogP contribution in [0.2, 0.25) is 0 Å². The van der Waals surface area contributed by atoms with Crippen LogP contribution in [0.5, 0.6) is 0 Å². The second kappa shape index (κ2) is 4.96. The van der Waals surface area contributed by atoms with Crippen molar-refractivity contribution in [2.24, 2.45) is 5.41 Å². The minimum Gasteiger partial charge on any atom is -0.392 e. The van der Waals surface area contributed by atoms with Crippen LogP contribution >= 0.6 is 0 Å². The number of aliphatic hydroxyl groups is 1. The average Bonchev–Trinajstić information content (AvgIpc) is 2.37. The summed E-state index contributed by atoms with van der Waals surface area (Å²) in [6, 6.07) is 3.44. The highest BCUT2D eigenvalue weighted by atomic mass is 32.2. The van der Waals surface area contributed by atoms with Crippen LogP contribution in [0, 0.1) is 5.41 Å². The van der Waals surface area contributed by atoms with Crippen molar-refractivity contribution < 1.29 is 26.7 Å². The van der Waals surface area contributed by atoms with Crippen molar-refractivity contribution in [2.45, 2.75) is 43.5 Å². The molecule has 21 heavy (non-hydrogen) atoms. The lowest BCUT2D eigenvalue weighted by Gasteiger charge is -2.49. The van der Waals surface area contributed by atoms with Crippen LogP contribution in [0.15, 0.2) is 29.2 Å². The van der Waals surface area contributed by atoms with E-state index in [4.69, 9.17) is 0 Å².